The molecule has 294 valence electrons. The van der Waals surface area contributed by atoms with E-state index in [2.05, 4.69) is 184 Å². The van der Waals surface area contributed by atoms with Crippen LogP contribution in [-0.2, 0) is 13.5 Å². The molecule has 0 aromatic heterocycles. The molecule has 1 nitrogen and oxygen atoms in total. The summed E-state index contributed by atoms with van der Waals surface area (Å²) in [6, 6.07) is 11.2. The maximum atomic E-state index is 2.93. The Morgan fingerprint density at radius 1 is 0.353 bits per heavy atom. The molecule has 0 spiro atoms. The van der Waals surface area contributed by atoms with Crippen LogP contribution in [-0.4, -0.2) is 69.4 Å². The molecule has 2 rings (SSSR count). The Labute approximate surface area is 339 Å². The smallest absolute Gasteiger partial charge is 0.412 e. The number of hydrogen-bond donors (Lipinski definition) is 0. The van der Waals surface area contributed by atoms with Gasteiger partial charge in [-0.05, 0) is 0 Å². The minimum absolute atomic E-state index is 0. The van der Waals surface area contributed by atoms with Gasteiger partial charge in [-0.1, -0.05) is 0 Å². The van der Waals surface area contributed by atoms with Crippen molar-refractivity contribution < 1.29 is 5.48 Å². The maximum absolute atomic E-state index is 2.93. The van der Waals surface area contributed by atoms with Gasteiger partial charge in [-0.15, -0.1) is 0 Å². The fourth-order valence-corrected chi connectivity index (χ4v) is 54.0. The second-order valence-electron chi connectivity index (χ2n) is 23.2. The Kier molecular flexibility index (Phi) is 18.0. The van der Waals surface area contributed by atoms with Crippen LogP contribution in [0.1, 0.15) is 108 Å². The normalized spacial score (nSPS) is 13.9. The van der Waals surface area contributed by atoms with E-state index < -0.39 is 63.9 Å². The molecule has 0 saturated carbocycles. The summed E-state index contributed by atoms with van der Waals surface area (Å²) >= 11 is -0.601. The third-order valence-electron chi connectivity index (χ3n) is 10.8. The Morgan fingerprint density at radius 3 is 0.804 bits per heavy atom. The Bertz CT molecular complexity index is 1320. The number of hydrogen-bond acceptors (Lipinski definition) is 1. The number of thiol groups is 1. The summed E-state index contributed by atoms with van der Waals surface area (Å²) in [6.45, 7) is 63.3. The van der Waals surface area contributed by atoms with Crippen molar-refractivity contribution in [2.45, 2.75) is 193 Å². The largest absolute Gasteiger partial charge is 0.813 e. The molecule has 0 heterocycles. The summed E-state index contributed by atoms with van der Waals surface area (Å²) in [7, 11) is -9.31. The standard InChI is InChI=1S/C42H82GeSi6.H2O.H2S/c1-29(2)32-25-34(30(3)4)38(35(26-32)31(5)6)43-39-36(41(46(13,14)15)47(16,17)18)27-33(40(44(7,8)9)45(10,11)12)28-37(39)42(48(19,20)21)49(22,23)24;;/h25-31,40-42H,1-24H3;2*1H2/p-1. The molecular weight excluding hydrogens is 794 g/mol. The van der Waals surface area contributed by atoms with Gasteiger partial charge in [-0.2, -0.15) is 0 Å². The summed E-state index contributed by atoms with van der Waals surface area (Å²) in [5.74, 6) is 1.64. The molecule has 51 heavy (non-hydrogen) atoms. The zero-order chi connectivity index (χ0) is 38.6. The predicted molar refractivity (Wildman–Crippen MR) is 261 cm³/mol. The summed E-state index contributed by atoms with van der Waals surface area (Å²) in [5.41, 5.74) is 10.4. The molecule has 0 saturated heterocycles. The second-order valence-corrected chi connectivity index (χ2v) is 59.4. The first-order valence-electron chi connectivity index (χ1n) is 19.7. The summed E-state index contributed by atoms with van der Waals surface area (Å²) < 4.78 is 3.69. The first-order valence-corrected chi connectivity index (χ1v) is 43.3. The first kappa shape index (κ1) is 51.6. The van der Waals surface area contributed by atoms with Gasteiger partial charge in [0.2, 0.25) is 0 Å². The molecular formula is C42H85GeOSSi6-. The quantitative estimate of drug-likeness (QED) is 0.106. The van der Waals surface area contributed by atoms with Gasteiger partial charge < -0.3 is 19.0 Å². The Morgan fingerprint density at radius 2 is 0.588 bits per heavy atom. The fourth-order valence-electron chi connectivity index (χ4n) is 10.5. The van der Waals surface area contributed by atoms with Crippen LogP contribution < -0.4 is 8.79 Å². The van der Waals surface area contributed by atoms with E-state index >= 15 is 0 Å². The summed E-state index contributed by atoms with van der Waals surface area (Å²) in [6.07, 6.45) is 0. The SMILES string of the molecule is CC(C)c1cc(C(C)C)[c]([Ge][c]2c(C([Si](C)(C)C)[Si](C)(C)C)cc(C([Si](C)(C)C)[Si](C)(C)C)cc2C([Si](C)(C)C)[Si](C)(C)C)c(C(C)C)c1.O.[SH-]. The molecule has 0 aliphatic heterocycles. The predicted octanol–water partition coefficient (Wildman–Crippen LogP) is 12.1. The molecule has 0 unspecified atom stereocenters. The van der Waals surface area contributed by atoms with E-state index in [0.717, 1.165) is 15.5 Å². The van der Waals surface area contributed by atoms with Crippen molar-refractivity contribution in [3.63, 3.8) is 0 Å². The Balaban J connectivity index is 0.0000125. The average molecular weight is 879 g/mol. The van der Waals surface area contributed by atoms with Gasteiger partial charge in [0.15, 0.2) is 0 Å². The minimum atomic E-state index is -1.58. The van der Waals surface area contributed by atoms with Crippen LogP contribution in [0.5, 0.6) is 0 Å². The summed E-state index contributed by atoms with van der Waals surface area (Å²) in [5, 5.41) is 2.28. The van der Waals surface area contributed by atoms with Crippen molar-refractivity contribution in [1.29, 1.82) is 0 Å². The number of rotatable bonds is 14. The topological polar surface area (TPSA) is 31.5 Å². The molecule has 0 fully saturated rings. The van der Waals surface area contributed by atoms with Crippen LogP contribution in [0.15, 0.2) is 24.3 Å². The average Bonchev–Trinajstić information content (AvgIpc) is 2.79. The van der Waals surface area contributed by atoms with Crippen molar-refractivity contribution in [1.82, 2.24) is 0 Å². The monoisotopic (exact) mass is 879 g/mol. The molecule has 0 bridgehead atoms. The van der Waals surface area contributed by atoms with E-state index in [1.165, 1.54) is 5.56 Å². The third-order valence-corrected chi connectivity index (χ3v) is 42.1. The van der Waals surface area contributed by atoms with E-state index in [4.69, 9.17) is 0 Å². The molecule has 0 aliphatic carbocycles. The van der Waals surface area contributed by atoms with Gasteiger partial charge in [-0.3, -0.25) is 0 Å². The minimum Gasteiger partial charge on any atom is -0.813 e. The van der Waals surface area contributed by atoms with Crippen LogP contribution in [0, 0.1) is 0 Å². The zero-order valence-corrected chi connectivity index (χ0v) is 47.2. The van der Waals surface area contributed by atoms with Gasteiger partial charge in [0.25, 0.3) is 0 Å². The van der Waals surface area contributed by atoms with Crippen molar-refractivity contribution in [2.24, 2.45) is 0 Å². The van der Waals surface area contributed by atoms with Crippen LogP contribution in [0.2, 0.25) is 118 Å². The van der Waals surface area contributed by atoms with E-state index in [-0.39, 0.29) is 19.0 Å². The molecule has 2 aromatic rings. The van der Waals surface area contributed by atoms with Crippen molar-refractivity contribution >= 4 is 86.2 Å². The fraction of sp³-hybridized carbons (Fsp3) is 0.714. The van der Waals surface area contributed by atoms with Crippen LogP contribution in [0.4, 0.5) is 0 Å². The molecule has 0 amide bonds. The molecule has 2 radical (unpaired) electrons. The van der Waals surface area contributed by atoms with E-state index in [1.807, 2.05) is 15.5 Å². The number of benzene rings is 2. The van der Waals surface area contributed by atoms with Gasteiger partial charge in [-0.25, -0.2) is 0 Å². The molecule has 0 aliphatic rings. The van der Waals surface area contributed by atoms with Crippen LogP contribution in [0.25, 0.3) is 0 Å². The van der Waals surface area contributed by atoms with Crippen LogP contribution in [0.3, 0.4) is 0 Å². The zero-order valence-electron chi connectivity index (χ0n) is 38.2. The molecule has 0 atom stereocenters. The van der Waals surface area contributed by atoms with Crippen LogP contribution >= 0.6 is 0 Å². The van der Waals surface area contributed by atoms with E-state index in [9.17, 15) is 0 Å². The van der Waals surface area contributed by atoms with Crippen molar-refractivity contribution in [3.05, 3.63) is 57.6 Å². The Hall–Kier alpha value is 0.594. The van der Waals surface area contributed by atoms with Gasteiger partial charge in [0.1, 0.15) is 0 Å². The third kappa shape index (κ3) is 12.8. The molecule has 2 N–H and O–H groups in total. The van der Waals surface area contributed by atoms with Gasteiger partial charge >= 0.3 is 323 Å². The first-order chi connectivity index (χ1) is 21.6. The summed E-state index contributed by atoms with van der Waals surface area (Å²) in [4.78, 5) is 0. The van der Waals surface area contributed by atoms with E-state index in [0.29, 0.717) is 17.8 Å². The van der Waals surface area contributed by atoms with Crippen molar-refractivity contribution in [2.75, 3.05) is 0 Å². The van der Waals surface area contributed by atoms with Crippen molar-refractivity contribution in [3.8, 4) is 0 Å². The van der Waals surface area contributed by atoms with Gasteiger partial charge in [0.05, 0.1) is 0 Å². The van der Waals surface area contributed by atoms with E-state index in [1.54, 1.807) is 21.1 Å². The maximum Gasteiger partial charge on any atom is -0.412 e. The molecule has 2 aromatic carbocycles. The second kappa shape index (κ2) is 17.8. The molecule has 9 heteroatoms. The van der Waals surface area contributed by atoms with Gasteiger partial charge in [0, 0.05) is 0 Å².